The zero-order valence-corrected chi connectivity index (χ0v) is 15.2. The fourth-order valence-corrected chi connectivity index (χ4v) is 3.38. The van der Waals surface area contributed by atoms with Gasteiger partial charge in [-0.2, -0.15) is 5.26 Å². The van der Waals surface area contributed by atoms with Crippen LogP contribution in [-0.2, 0) is 11.3 Å². The van der Waals surface area contributed by atoms with Crippen LogP contribution in [0.2, 0.25) is 0 Å². The first-order valence-electron chi connectivity index (χ1n) is 8.77. The molecule has 0 aromatic heterocycles. The first kappa shape index (κ1) is 18.0. The Morgan fingerprint density at radius 3 is 2.58 bits per heavy atom. The average molecular weight is 349 g/mol. The van der Waals surface area contributed by atoms with E-state index in [0.29, 0.717) is 11.6 Å². The number of hydrogen-bond donors (Lipinski definition) is 0. The Morgan fingerprint density at radius 2 is 1.92 bits per heavy atom. The zero-order chi connectivity index (χ0) is 18.5. The standard InChI is InChI=1S/C21H23N3O2/c1-16-14-24(20-9-7-17(8-10-20)21(25)26-2)12-11-23(16)15-19-6-4-3-5-18(19)13-22/h3-10,16H,11-12,14-15H2,1-2H3. The van der Waals surface area contributed by atoms with Crippen molar-refractivity contribution in [3.8, 4) is 6.07 Å². The lowest BCUT2D eigenvalue weighted by Crippen LogP contribution is -2.51. The van der Waals surface area contributed by atoms with Crippen LogP contribution in [0.5, 0.6) is 0 Å². The summed E-state index contributed by atoms with van der Waals surface area (Å²) in [5, 5.41) is 9.27. The van der Waals surface area contributed by atoms with Crippen LogP contribution < -0.4 is 4.90 Å². The molecule has 1 aliphatic heterocycles. The Bertz CT molecular complexity index is 811. The molecule has 0 amide bonds. The van der Waals surface area contributed by atoms with Crippen LogP contribution >= 0.6 is 0 Å². The molecule has 26 heavy (non-hydrogen) atoms. The van der Waals surface area contributed by atoms with Crippen LogP contribution in [0.3, 0.4) is 0 Å². The monoisotopic (exact) mass is 349 g/mol. The topological polar surface area (TPSA) is 56.6 Å². The number of esters is 1. The predicted octanol–water partition coefficient (Wildman–Crippen LogP) is 3.06. The summed E-state index contributed by atoms with van der Waals surface area (Å²) >= 11 is 0. The van der Waals surface area contributed by atoms with E-state index >= 15 is 0 Å². The largest absolute Gasteiger partial charge is 0.465 e. The number of rotatable bonds is 4. The molecular formula is C21H23N3O2. The molecule has 1 saturated heterocycles. The van der Waals surface area contributed by atoms with Crippen molar-refractivity contribution in [2.75, 3.05) is 31.6 Å². The van der Waals surface area contributed by atoms with Gasteiger partial charge < -0.3 is 9.64 Å². The number of hydrogen-bond acceptors (Lipinski definition) is 5. The number of nitrogens with zero attached hydrogens (tertiary/aromatic N) is 3. The molecule has 0 radical (unpaired) electrons. The molecule has 0 spiro atoms. The number of carbonyl (C=O) groups is 1. The molecule has 1 atom stereocenters. The summed E-state index contributed by atoms with van der Waals surface area (Å²) in [5.74, 6) is -0.314. The molecule has 5 nitrogen and oxygen atoms in total. The normalized spacial score (nSPS) is 17.6. The maximum Gasteiger partial charge on any atom is 0.337 e. The highest BCUT2D eigenvalue weighted by atomic mass is 16.5. The summed E-state index contributed by atoms with van der Waals surface area (Å²) in [6, 6.07) is 18.0. The average Bonchev–Trinajstić information content (AvgIpc) is 2.69. The van der Waals surface area contributed by atoms with Gasteiger partial charge in [-0.1, -0.05) is 18.2 Å². The van der Waals surface area contributed by atoms with Gasteiger partial charge in [0.15, 0.2) is 0 Å². The second-order valence-corrected chi connectivity index (χ2v) is 6.57. The van der Waals surface area contributed by atoms with Gasteiger partial charge in [0.25, 0.3) is 0 Å². The van der Waals surface area contributed by atoms with Gasteiger partial charge in [-0.05, 0) is 42.8 Å². The first-order valence-corrected chi connectivity index (χ1v) is 8.77. The Balaban J connectivity index is 1.65. The SMILES string of the molecule is COC(=O)c1ccc(N2CCN(Cc3ccccc3C#N)C(C)C2)cc1. The molecule has 0 bridgehead atoms. The maximum atomic E-state index is 11.6. The van der Waals surface area contributed by atoms with E-state index in [1.807, 2.05) is 36.4 Å². The van der Waals surface area contributed by atoms with Crippen LogP contribution in [-0.4, -0.2) is 43.7 Å². The van der Waals surface area contributed by atoms with Gasteiger partial charge in [0.2, 0.25) is 0 Å². The molecule has 1 aliphatic rings. The molecule has 1 heterocycles. The van der Waals surface area contributed by atoms with Crippen LogP contribution in [0, 0.1) is 11.3 Å². The van der Waals surface area contributed by atoms with Crippen molar-refractivity contribution in [1.29, 1.82) is 5.26 Å². The van der Waals surface area contributed by atoms with Crippen molar-refractivity contribution in [2.45, 2.75) is 19.5 Å². The smallest absolute Gasteiger partial charge is 0.337 e. The van der Waals surface area contributed by atoms with Crippen molar-refractivity contribution in [3.05, 3.63) is 65.2 Å². The van der Waals surface area contributed by atoms with E-state index in [4.69, 9.17) is 4.74 Å². The Labute approximate surface area is 154 Å². The first-order chi connectivity index (χ1) is 12.6. The van der Waals surface area contributed by atoms with E-state index in [-0.39, 0.29) is 5.97 Å². The Kier molecular flexibility index (Phi) is 5.55. The van der Waals surface area contributed by atoms with E-state index in [1.165, 1.54) is 7.11 Å². The highest BCUT2D eigenvalue weighted by molar-refractivity contribution is 5.89. The van der Waals surface area contributed by atoms with E-state index in [0.717, 1.165) is 43.0 Å². The van der Waals surface area contributed by atoms with Gasteiger partial charge in [0.1, 0.15) is 0 Å². The third-order valence-corrected chi connectivity index (χ3v) is 4.93. The fourth-order valence-electron chi connectivity index (χ4n) is 3.38. The number of piperazine rings is 1. The minimum absolute atomic E-state index is 0.314. The molecule has 0 saturated carbocycles. The Hall–Kier alpha value is -2.84. The van der Waals surface area contributed by atoms with E-state index in [1.54, 1.807) is 12.1 Å². The quantitative estimate of drug-likeness (QED) is 0.794. The number of benzene rings is 2. The van der Waals surface area contributed by atoms with Crippen molar-refractivity contribution in [2.24, 2.45) is 0 Å². The van der Waals surface area contributed by atoms with E-state index in [9.17, 15) is 10.1 Å². The van der Waals surface area contributed by atoms with Crippen molar-refractivity contribution in [1.82, 2.24) is 4.90 Å². The second kappa shape index (κ2) is 8.03. The molecule has 5 heteroatoms. The number of nitriles is 1. The van der Waals surface area contributed by atoms with Crippen molar-refractivity contribution in [3.63, 3.8) is 0 Å². The van der Waals surface area contributed by atoms with Crippen molar-refractivity contribution < 1.29 is 9.53 Å². The molecule has 0 N–H and O–H groups in total. The van der Waals surface area contributed by atoms with E-state index in [2.05, 4.69) is 22.8 Å². The molecule has 2 aromatic rings. The molecule has 3 rings (SSSR count). The molecule has 1 unspecified atom stereocenters. The molecule has 0 aliphatic carbocycles. The van der Waals surface area contributed by atoms with Crippen LogP contribution in [0.15, 0.2) is 48.5 Å². The Morgan fingerprint density at radius 1 is 1.19 bits per heavy atom. The summed E-state index contributed by atoms with van der Waals surface area (Å²) in [5.41, 5.74) is 3.51. The highest BCUT2D eigenvalue weighted by Gasteiger charge is 2.24. The fraction of sp³-hybridized carbons (Fsp3) is 0.333. The molecule has 2 aromatic carbocycles. The van der Waals surface area contributed by atoms with Gasteiger partial charge in [0, 0.05) is 37.9 Å². The third kappa shape index (κ3) is 3.87. The third-order valence-electron chi connectivity index (χ3n) is 4.93. The number of ether oxygens (including phenoxy) is 1. The number of carbonyl (C=O) groups excluding carboxylic acids is 1. The lowest BCUT2D eigenvalue weighted by molar-refractivity contribution is 0.0600. The predicted molar refractivity (Wildman–Crippen MR) is 101 cm³/mol. The van der Waals surface area contributed by atoms with Crippen LogP contribution in [0.4, 0.5) is 5.69 Å². The highest BCUT2D eigenvalue weighted by Crippen LogP contribution is 2.22. The van der Waals surface area contributed by atoms with Crippen LogP contribution in [0.1, 0.15) is 28.4 Å². The van der Waals surface area contributed by atoms with Gasteiger partial charge in [-0.15, -0.1) is 0 Å². The molecule has 1 fully saturated rings. The van der Waals surface area contributed by atoms with E-state index < -0.39 is 0 Å². The zero-order valence-electron chi connectivity index (χ0n) is 15.2. The number of anilines is 1. The second-order valence-electron chi connectivity index (χ2n) is 6.57. The summed E-state index contributed by atoms with van der Waals surface area (Å²) in [4.78, 5) is 16.3. The summed E-state index contributed by atoms with van der Waals surface area (Å²) in [6.07, 6.45) is 0. The maximum absolute atomic E-state index is 11.6. The minimum atomic E-state index is -0.314. The summed E-state index contributed by atoms with van der Waals surface area (Å²) in [6.45, 7) is 5.76. The minimum Gasteiger partial charge on any atom is -0.465 e. The van der Waals surface area contributed by atoms with Gasteiger partial charge in [-0.3, -0.25) is 4.90 Å². The lowest BCUT2D eigenvalue weighted by atomic mass is 10.1. The molecule has 134 valence electrons. The molecular weight excluding hydrogens is 326 g/mol. The summed E-state index contributed by atoms with van der Waals surface area (Å²) < 4.78 is 4.75. The van der Waals surface area contributed by atoms with Crippen LogP contribution in [0.25, 0.3) is 0 Å². The van der Waals surface area contributed by atoms with Gasteiger partial charge in [0.05, 0.1) is 24.3 Å². The lowest BCUT2D eigenvalue weighted by Gasteiger charge is -2.41. The number of methoxy groups -OCH3 is 1. The van der Waals surface area contributed by atoms with Gasteiger partial charge >= 0.3 is 5.97 Å². The summed E-state index contributed by atoms with van der Waals surface area (Å²) in [7, 11) is 1.39. The van der Waals surface area contributed by atoms with Gasteiger partial charge in [-0.25, -0.2) is 4.79 Å². The van der Waals surface area contributed by atoms with Crippen molar-refractivity contribution >= 4 is 11.7 Å².